The highest BCUT2D eigenvalue weighted by Crippen LogP contribution is 2.32. The van der Waals surface area contributed by atoms with Gasteiger partial charge in [-0.05, 0) is 57.4 Å². The van der Waals surface area contributed by atoms with E-state index in [0.717, 1.165) is 32.1 Å². The summed E-state index contributed by atoms with van der Waals surface area (Å²) in [6.45, 7) is 9.86. The Morgan fingerprint density at radius 1 is 1.18 bits per heavy atom. The van der Waals surface area contributed by atoms with Crippen LogP contribution in [0.25, 0.3) is 15.9 Å². The molecule has 0 radical (unpaired) electrons. The van der Waals surface area contributed by atoms with E-state index in [0.29, 0.717) is 10.5 Å². The van der Waals surface area contributed by atoms with Crippen LogP contribution in [0, 0.1) is 27.7 Å². The number of benzene rings is 1. The zero-order valence-electron chi connectivity index (χ0n) is 17.3. The Bertz CT molecular complexity index is 1130. The van der Waals surface area contributed by atoms with Crippen molar-refractivity contribution in [3.8, 4) is 5.69 Å². The molecule has 0 N–H and O–H groups in total. The first-order chi connectivity index (χ1) is 13.1. The molecule has 7 heteroatoms. The van der Waals surface area contributed by atoms with E-state index in [9.17, 15) is 9.59 Å². The predicted molar refractivity (Wildman–Crippen MR) is 118 cm³/mol. The van der Waals surface area contributed by atoms with Gasteiger partial charge >= 0.3 is 0 Å². The summed E-state index contributed by atoms with van der Waals surface area (Å²) >= 11 is 2.85. The quantitative estimate of drug-likeness (QED) is 0.472. The number of carbonyl (C=O) groups is 1. The Kier molecular flexibility index (Phi) is 5.68. The van der Waals surface area contributed by atoms with Crippen LogP contribution in [0.15, 0.2) is 28.2 Å². The fourth-order valence-corrected chi connectivity index (χ4v) is 5.25. The molecule has 1 aromatic carbocycles. The van der Waals surface area contributed by atoms with Crippen LogP contribution in [0.5, 0.6) is 0 Å². The molecule has 2 aromatic heterocycles. The van der Waals surface area contributed by atoms with Gasteiger partial charge in [-0.2, -0.15) is 0 Å². The van der Waals surface area contributed by atoms with Crippen LogP contribution in [-0.2, 0) is 4.79 Å². The van der Waals surface area contributed by atoms with Crippen molar-refractivity contribution in [3.05, 3.63) is 50.1 Å². The molecule has 0 spiro atoms. The number of nitrogens with zero attached hydrogens (tertiary/aromatic N) is 3. The van der Waals surface area contributed by atoms with Gasteiger partial charge < -0.3 is 4.90 Å². The molecular weight excluding hydrogens is 390 g/mol. The van der Waals surface area contributed by atoms with Gasteiger partial charge in [0, 0.05) is 19.0 Å². The number of thiophene rings is 1. The molecule has 0 saturated heterocycles. The lowest BCUT2D eigenvalue weighted by Gasteiger charge is -2.19. The molecule has 148 valence electrons. The second-order valence-electron chi connectivity index (χ2n) is 7.21. The van der Waals surface area contributed by atoms with Crippen molar-refractivity contribution in [2.24, 2.45) is 0 Å². The zero-order chi connectivity index (χ0) is 20.7. The van der Waals surface area contributed by atoms with Crippen molar-refractivity contribution >= 4 is 39.2 Å². The summed E-state index contributed by atoms with van der Waals surface area (Å²) in [4.78, 5) is 34.2. The number of rotatable bonds is 4. The Morgan fingerprint density at radius 3 is 2.50 bits per heavy atom. The molecule has 1 atom stereocenters. The average molecular weight is 416 g/mol. The van der Waals surface area contributed by atoms with Crippen molar-refractivity contribution in [3.63, 3.8) is 0 Å². The fraction of sp³-hybridized carbons (Fsp3) is 0.381. The maximum Gasteiger partial charge on any atom is 0.267 e. The minimum absolute atomic E-state index is 0.00889. The third kappa shape index (κ3) is 3.49. The maximum atomic E-state index is 13.6. The maximum absolute atomic E-state index is 13.6. The van der Waals surface area contributed by atoms with Gasteiger partial charge in [-0.15, -0.1) is 11.3 Å². The van der Waals surface area contributed by atoms with E-state index in [2.05, 4.69) is 0 Å². The van der Waals surface area contributed by atoms with E-state index in [-0.39, 0.29) is 16.7 Å². The first-order valence-corrected chi connectivity index (χ1v) is 10.8. The van der Waals surface area contributed by atoms with Crippen LogP contribution in [0.3, 0.4) is 0 Å². The molecule has 0 fully saturated rings. The van der Waals surface area contributed by atoms with E-state index in [4.69, 9.17) is 4.98 Å². The number of aryl methyl sites for hydroxylation is 3. The third-order valence-corrected chi connectivity index (χ3v) is 7.20. The van der Waals surface area contributed by atoms with Crippen LogP contribution in [0.4, 0.5) is 0 Å². The number of amides is 1. The van der Waals surface area contributed by atoms with Crippen molar-refractivity contribution in [2.75, 3.05) is 14.1 Å². The Labute approximate surface area is 173 Å². The molecule has 0 aliphatic rings. The average Bonchev–Trinajstić information content (AvgIpc) is 2.91. The standard InChI is InChI=1S/C21H25N3O2S2/c1-11-9-8-10-16(12(11)2)24-20(26)17-13(3)14(4)27-18(17)22-21(24)28-15(5)19(25)23(6)7/h8-10,15H,1-7H3. The number of hydrogen-bond donors (Lipinski definition) is 0. The largest absolute Gasteiger partial charge is 0.348 e. The SMILES string of the molecule is Cc1cccc(-n2c(SC(C)C(=O)N(C)C)nc3sc(C)c(C)c3c2=O)c1C. The lowest BCUT2D eigenvalue weighted by molar-refractivity contribution is -0.127. The number of thioether (sulfide) groups is 1. The number of fused-ring (bicyclic) bond motifs is 1. The summed E-state index contributed by atoms with van der Waals surface area (Å²) < 4.78 is 1.67. The van der Waals surface area contributed by atoms with Crippen molar-refractivity contribution in [1.29, 1.82) is 0 Å². The van der Waals surface area contributed by atoms with E-state index in [1.807, 2.05) is 52.8 Å². The van der Waals surface area contributed by atoms with Gasteiger partial charge in [-0.1, -0.05) is 23.9 Å². The van der Waals surface area contributed by atoms with Crippen molar-refractivity contribution < 1.29 is 4.79 Å². The molecule has 1 unspecified atom stereocenters. The molecular formula is C21H25N3O2S2. The highest BCUT2D eigenvalue weighted by atomic mass is 32.2. The molecule has 28 heavy (non-hydrogen) atoms. The molecule has 2 heterocycles. The molecule has 3 rings (SSSR count). The summed E-state index contributed by atoms with van der Waals surface area (Å²) in [5.74, 6) is -0.00889. The second-order valence-corrected chi connectivity index (χ2v) is 9.72. The third-order valence-electron chi connectivity index (χ3n) is 5.06. The van der Waals surface area contributed by atoms with Gasteiger partial charge in [0.25, 0.3) is 5.56 Å². The van der Waals surface area contributed by atoms with E-state index in [1.165, 1.54) is 23.1 Å². The highest BCUT2D eigenvalue weighted by molar-refractivity contribution is 8.00. The van der Waals surface area contributed by atoms with Gasteiger partial charge in [0.05, 0.1) is 16.3 Å². The van der Waals surface area contributed by atoms with Gasteiger partial charge in [0.1, 0.15) is 4.83 Å². The van der Waals surface area contributed by atoms with E-state index in [1.54, 1.807) is 23.6 Å². The fourth-order valence-electron chi connectivity index (χ4n) is 3.12. The molecule has 1 amide bonds. The lowest BCUT2D eigenvalue weighted by atomic mass is 10.1. The lowest BCUT2D eigenvalue weighted by Crippen LogP contribution is -2.31. The minimum atomic E-state index is -0.349. The van der Waals surface area contributed by atoms with Gasteiger partial charge in [-0.3, -0.25) is 14.2 Å². The van der Waals surface area contributed by atoms with Gasteiger partial charge in [0.15, 0.2) is 5.16 Å². The number of aromatic nitrogens is 2. The summed E-state index contributed by atoms with van der Waals surface area (Å²) in [7, 11) is 3.47. The summed E-state index contributed by atoms with van der Waals surface area (Å²) in [6.07, 6.45) is 0. The summed E-state index contributed by atoms with van der Waals surface area (Å²) in [5, 5.41) is 0.868. The second kappa shape index (κ2) is 7.72. The van der Waals surface area contributed by atoms with Crippen LogP contribution >= 0.6 is 23.1 Å². The van der Waals surface area contributed by atoms with Crippen LogP contribution in [-0.4, -0.2) is 39.7 Å². The Morgan fingerprint density at radius 2 is 1.86 bits per heavy atom. The molecule has 3 aromatic rings. The number of hydrogen-bond acceptors (Lipinski definition) is 5. The van der Waals surface area contributed by atoms with Gasteiger partial charge in [0.2, 0.25) is 5.91 Å². The van der Waals surface area contributed by atoms with E-state index < -0.39 is 0 Å². The Hall–Kier alpha value is -2.12. The topological polar surface area (TPSA) is 55.2 Å². The highest BCUT2D eigenvalue weighted by Gasteiger charge is 2.23. The van der Waals surface area contributed by atoms with Crippen molar-refractivity contribution in [2.45, 2.75) is 45.0 Å². The molecule has 0 aliphatic heterocycles. The van der Waals surface area contributed by atoms with Crippen LogP contribution in [0.1, 0.15) is 28.5 Å². The van der Waals surface area contributed by atoms with Crippen molar-refractivity contribution in [1.82, 2.24) is 14.5 Å². The molecule has 0 aliphatic carbocycles. The molecule has 0 saturated carbocycles. The molecule has 5 nitrogen and oxygen atoms in total. The summed E-state index contributed by atoms with van der Waals surface area (Å²) in [5.41, 5.74) is 3.85. The monoisotopic (exact) mass is 415 g/mol. The molecule has 0 bridgehead atoms. The Balaban J connectivity index is 2.31. The van der Waals surface area contributed by atoms with E-state index >= 15 is 0 Å². The van der Waals surface area contributed by atoms with Gasteiger partial charge in [-0.25, -0.2) is 4.98 Å². The zero-order valence-corrected chi connectivity index (χ0v) is 18.9. The first kappa shape index (κ1) is 20.6. The smallest absolute Gasteiger partial charge is 0.267 e. The normalized spacial score (nSPS) is 12.4. The van der Waals surface area contributed by atoms with Crippen LogP contribution < -0.4 is 5.56 Å². The number of carbonyl (C=O) groups excluding carboxylic acids is 1. The first-order valence-electron chi connectivity index (χ1n) is 9.10. The minimum Gasteiger partial charge on any atom is -0.348 e. The van der Waals surface area contributed by atoms with Crippen LogP contribution in [0.2, 0.25) is 0 Å². The summed E-state index contributed by atoms with van der Waals surface area (Å²) in [6, 6.07) is 5.91. The predicted octanol–water partition coefficient (Wildman–Crippen LogP) is 4.25.